The first-order chi connectivity index (χ1) is 9.11. The molecule has 0 bridgehead atoms. The second-order valence-electron chi connectivity index (χ2n) is 5.89. The highest BCUT2D eigenvalue weighted by Crippen LogP contribution is 2.16. The Balaban J connectivity index is 4.08. The van der Waals surface area contributed by atoms with Gasteiger partial charge < -0.3 is 20.8 Å². The summed E-state index contributed by atoms with van der Waals surface area (Å²) >= 11 is 0. The molecule has 7 nitrogen and oxygen atoms in total. The molecule has 4 N–H and O–H groups in total. The molecule has 0 saturated heterocycles. The molecular formula is C13H24N2O5. The van der Waals surface area contributed by atoms with Gasteiger partial charge in [0.1, 0.15) is 6.04 Å². The molecule has 0 aromatic rings. The van der Waals surface area contributed by atoms with Crippen LogP contribution < -0.4 is 10.6 Å². The lowest BCUT2D eigenvalue weighted by Crippen LogP contribution is -2.46. The lowest BCUT2D eigenvalue weighted by atomic mass is 9.92. The Morgan fingerprint density at radius 2 is 1.75 bits per heavy atom. The summed E-state index contributed by atoms with van der Waals surface area (Å²) in [5.41, 5.74) is 0.0843. The Hall–Kier alpha value is -1.79. The molecule has 116 valence electrons. The van der Waals surface area contributed by atoms with Crippen LogP contribution in [0.2, 0.25) is 0 Å². The minimum Gasteiger partial charge on any atom is -0.481 e. The lowest BCUT2D eigenvalue weighted by Gasteiger charge is -2.19. The number of hydrogen-bond acceptors (Lipinski definition) is 3. The SMILES string of the molecule is CC(C)(C)CCNC(=O)N[C@H](CCCC(=O)O)C(=O)O. The van der Waals surface area contributed by atoms with E-state index in [2.05, 4.69) is 10.6 Å². The van der Waals surface area contributed by atoms with Gasteiger partial charge in [-0.1, -0.05) is 20.8 Å². The molecule has 0 fully saturated rings. The van der Waals surface area contributed by atoms with Crippen molar-refractivity contribution >= 4 is 18.0 Å². The van der Waals surface area contributed by atoms with Crippen molar-refractivity contribution in [2.45, 2.75) is 52.5 Å². The maximum Gasteiger partial charge on any atom is 0.326 e. The molecule has 0 aliphatic rings. The summed E-state index contributed by atoms with van der Waals surface area (Å²) < 4.78 is 0. The van der Waals surface area contributed by atoms with Gasteiger partial charge >= 0.3 is 18.0 Å². The first kappa shape index (κ1) is 18.2. The second kappa shape index (κ2) is 8.39. The molecule has 20 heavy (non-hydrogen) atoms. The van der Waals surface area contributed by atoms with Crippen molar-refractivity contribution in [1.29, 1.82) is 0 Å². The number of nitrogens with one attached hydrogen (secondary N) is 2. The van der Waals surface area contributed by atoms with E-state index in [9.17, 15) is 14.4 Å². The van der Waals surface area contributed by atoms with Crippen LogP contribution in [0.5, 0.6) is 0 Å². The maximum atomic E-state index is 11.5. The number of amides is 2. The number of carboxylic acid groups (broad SMARTS) is 2. The van der Waals surface area contributed by atoms with Gasteiger partial charge in [-0.25, -0.2) is 9.59 Å². The summed E-state index contributed by atoms with van der Waals surface area (Å²) in [5.74, 6) is -2.15. The van der Waals surface area contributed by atoms with Crippen molar-refractivity contribution in [3.05, 3.63) is 0 Å². The van der Waals surface area contributed by atoms with Gasteiger partial charge in [0, 0.05) is 13.0 Å². The van der Waals surface area contributed by atoms with Crippen molar-refractivity contribution in [3.63, 3.8) is 0 Å². The topological polar surface area (TPSA) is 116 Å². The number of hydrogen-bond donors (Lipinski definition) is 4. The molecule has 1 atom stereocenters. The highest BCUT2D eigenvalue weighted by atomic mass is 16.4. The van der Waals surface area contributed by atoms with E-state index in [1.54, 1.807) is 0 Å². The molecule has 7 heteroatoms. The van der Waals surface area contributed by atoms with E-state index >= 15 is 0 Å². The van der Waals surface area contributed by atoms with E-state index in [1.165, 1.54) is 0 Å². The van der Waals surface area contributed by atoms with E-state index in [4.69, 9.17) is 10.2 Å². The summed E-state index contributed by atoms with van der Waals surface area (Å²) in [5, 5.41) is 22.4. The normalized spacial score (nSPS) is 12.6. The second-order valence-corrected chi connectivity index (χ2v) is 5.89. The summed E-state index contributed by atoms with van der Waals surface area (Å²) in [4.78, 5) is 32.9. The highest BCUT2D eigenvalue weighted by molar-refractivity contribution is 5.82. The summed E-state index contributed by atoms with van der Waals surface area (Å²) in [6.07, 6.45) is 0.956. The van der Waals surface area contributed by atoms with Crippen LogP contribution in [0, 0.1) is 5.41 Å². The number of carboxylic acids is 2. The quantitative estimate of drug-likeness (QED) is 0.539. The van der Waals surface area contributed by atoms with Gasteiger partial charge in [0.15, 0.2) is 0 Å². The summed E-state index contributed by atoms with van der Waals surface area (Å²) in [6.45, 7) is 6.58. The zero-order chi connectivity index (χ0) is 15.8. The predicted octanol–water partition coefficient (Wildman–Crippen LogP) is 1.43. The summed E-state index contributed by atoms with van der Waals surface area (Å²) in [6, 6.07) is -1.61. The molecule has 0 aromatic carbocycles. The fourth-order valence-corrected chi connectivity index (χ4v) is 1.48. The third kappa shape index (κ3) is 10.2. The van der Waals surface area contributed by atoms with Gasteiger partial charge in [-0.3, -0.25) is 4.79 Å². The van der Waals surface area contributed by atoms with E-state index in [-0.39, 0.29) is 24.7 Å². The Morgan fingerprint density at radius 1 is 1.15 bits per heavy atom. The number of urea groups is 1. The van der Waals surface area contributed by atoms with Crippen LogP contribution in [0.4, 0.5) is 4.79 Å². The minimum absolute atomic E-state index is 0.0843. The minimum atomic E-state index is -1.17. The summed E-state index contributed by atoms with van der Waals surface area (Å²) in [7, 11) is 0. The van der Waals surface area contributed by atoms with E-state index in [0.29, 0.717) is 6.54 Å². The van der Waals surface area contributed by atoms with Gasteiger partial charge in [0.05, 0.1) is 0 Å². The van der Waals surface area contributed by atoms with Gasteiger partial charge in [-0.15, -0.1) is 0 Å². The zero-order valence-electron chi connectivity index (χ0n) is 12.2. The van der Waals surface area contributed by atoms with Crippen LogP contribution in [0.25, 0.3) is 0 Å². The van der Waals surface area contributed by atoms with Crippen molar-refractivity contribution in [3.8, 4) is 0 Å². The van der Waals surface area contributed by atoms with Crippen molar-refractivity contribution in [2.75, 3.05) is 6.54 Å². The van der Waals surface area contributed by atoms with E-state index in [1.807, 2.05) is 20.8 Å². The molecule has 0 spiro atoms. The molecule has 0 aliphatic heterocycles. The van der Waals surface area contributed by atoms with Crippen LogP contribution >= 0.6 is 0 Å². The first-order valence-electron chi connectivity index (χ1n) is 6.61. The largest absolute Gasteiger partial charge is 0.481 e. The molecule has 2 amide bonds. The third-order valence-electron chi connectivity index (χ3n) is 2.65. The Kier molecular flexibility index (Phi) is 7.64. The third-order valence-corrected chi connectivity index (χ3v) is 2.65. The zero-order valence-corrected chi connectivity index (χ0v) is 12.2. The monoisotopic (exact) mass is 288 g/mol. The van der Waals surface area contributed by atoms with Crippen molar-refractivity contribution in [1.82, 2.24) is 10.6 Å². The molecule has 0 aliphatic carbocycles. The average molecular weight is 288 g/mol. The molecular weight excluding hydrogens is 264 g/mol. The van der Waals surface area contributed by atoms with Gasteiger partial charge in [-0.05, 0) is 24.7 Å². The molecule has 0 unspecified atom stereocenters. The van der Waals surface area contributed by atoms with Crippen LogP contribution in [-0.4, -0.2) is 40.8 Å². The first-order valence-corrected chi connectivity index (χ1v) is 6.61. The van der Waals surface area contributed by atoms with Gasteiger partial charge in [0.25, 0.3) is 0 Å². The molecule has 0 aromatic heterocycles. The average Bonchev–Trinajstić information content (AvgIpc) is 2.25. The van der Waals surface area contributed by atoms with Crippen LogP contribution in [0.1, 0.15) is 46.5 Å². The molecule has 0 heterocycles. The van der Waals surface area contributed by atoms with Crippen LogP contribution in [-0.2, 0) is 9.59 Å². The molecule has 0 saturated carbocycles. The van der Waals surface area contributed by atoms with E-state index < -0.39 is 24.0 Å². The number of carbonyl (C=O) groups is 3. The van der Waals surface area contributed by atoms with Crippen LogP contribution in [0.3, 0.4) is 0 Å². The van der Waals surface area contributed by atoms with Gasteiger partial charge in [-0.2, -0.15) is 0 Å². The van der Waals surface area contributed by atoms with Gasteiger partial charge in [0.2, 0.25) is 0 Å². The van der Waals surface area contributed by atoms with Crippen LogP contribution in [0.15, 0.2) is 0 Å². The maximum absolute atomic E-state index is 11.5. The lowest BCUT2D eigenvalue weighted by molar-refractivity contribution is -0.140. The Morgan fingerprint density at radius 3 is 2.20 bits per heavy atom. The fourth-order valence-electron chi connectivity index (χ4n) is 1.48. The fraction of sp³-hybridized carbons (Fsp3) is 0.769. The van der Waals surface area contributed by atoms with Crippen molar-refractivity contribution in [2.24, 2.45) is 5.41 Å². The number of carbonyl (C=O) groups excluding carboxylic acids is 1. The number of rotatable bonds is 8. The number of aliphatic carboxylic acids is 2. The van der Waals surface area contributed by atoms with Crippen molar-refractivity contribution < 1.29 is 24.6 Å². The molecule has 0 rings (SSSR count). The smallest absolute Gasteiger partial charge is 0.326 e. The standard InChI is InChI=1S/C13H24N2O5/c1-13(2,3)7-8-14-12(20)15-9(11(18)19)5-4-6-10(16)17/h9H,4-8H2,1-3H3,(H,16,17)(H,18,19)(H2,14,15,20)/t9-/m1/s1. The highest BCUT2D eigenvalue weighted by Gasteiger charge is 2.20. The molecule has 0 radical (unpaired) electrons. The Labute approximate surface area is 118 Å². The predicted molar refractivity (Wildman–Crippen MR) is 73.5 cm³/mol. The van der Waals surface area contributed by atoms with E-state index in [0.717, 1.165) is 6.42 Å². The Bertz CT molecular complexity index is 349.